The Labute approximate surface area is 79.0 Å². The van der Waals surface area contributed by atoms with E-state index in [2.05, 4.69) is 37.3 Å². The summed E-state index contributed by atoms with van der Waals surface area (Å²) in [5, 5.41) is 0. The van der Waals surface area contributed by atoms with Gasteiger partial charge in [-0.1, -0.05) is 36.9 Å². The van der Waals surface area contributed by atoms with Gasteiger partial charge in [0.15, 0.2) is 0 Å². The Kier molecular flexibility index (Phi) is 2.46. The van der Waals surface area contributed by atoms with Crippen LogP contribution in [0, 0.1) is 6.42 Å². The average molecular weight is 173 g/mol. The molecule has 0 spiro atoms. The number of ether oxygens (including phenoxy) is 1. The third-order valence-corrected chi connectivity index (χ3v) is 2.19. The van der Waals surface area contributed by atoms with Crippen LogP contribution in [-0.4, -0.2) is 12.7 Å². The number of rotatable bonds is 4. The third kappa shape index (κ3) is 2.43. The number of benzene rings is 1. The van der Waals surface area contributed by atoms with Crippen molar-refractivity contribution in [1.29, 1.82) is 0 Å². The zero-order chi connectivity index (χ0) is 9.10. The maximum Gasteiger partial charge on any atom is 0.0844 e. The number of hydrogen-bond donors (Lipinski definition) is 0. The predicted molar refractivity (Wildman–Crippen MR) is 54.3 cm³/mol. The van der Waals surface area contributed by atoms with Crippen LogP contribution in [0.4, 0.5) is 0 Å². The summed E-state index contributed by atoms with van der Waals surface area (Å²) in [5.74, 6) is 0. The quantitative estimate of drug-likeness (QED) is 0.637. The molecule has 1 aliphatic heterocycles. The van der Waals surface area contributed by atoms with Gasteiger partial charge in [-0.05, 0) is 24.0 Å². The summed E-state index contributed by atoms with van der Waals surface area (Å²) in [4.78, 5) is 0. The summed E-state index contributed by atoms with van der Waals surface area (Å²) < 4.78 is 5.10. The molecule has 0 saturated carbocycles. The highest BCUT2D eigenvalue weighted by Gasteiger charge is 2.21. The normalized spacial score (nSPS) is 19.8. The lowest BCUT2D eigenvalue weighted by Gasteiger charge is -1.99. The molecule has 1 radical (unpaired) electrons. The first-order chi connectivity index (χ1) is 6.38. The van der Waals surface area contributed by atoms with Crippen molar-refractivity contribution in [3.63, 3.8) is 0 Å². The Hall–Kier alpha value is -1.08. The van der Waals surface area contributed by atoms with E-state index in [1.807, 2.05) is 6.08 Å². The topological polar surface area (TPSA) is 12.5 Å². The maximum atomic E-state index is 5.10. The average Bonchev–Trinajstić information content (AvgIpc) is 2.99. The van der Waals surface area contributed by atoms with Crippen LogP contribution in [0.1, 0.15) is 11.1 Å². The zero-order valence-corrected chi connectivity index (χ0v) is 7.57. The van der Waals surface area contributed by atoms with Crippen molar-refractivity contribution in [2.75, 3.05) is 6.61 Å². The Bertz CT molecular complexity index is 282. The Balaban J connectivity index is 1.91. The van der Waals surface area contributed by atoms with Crippen molar-refractivity contribution in [3.8, 4) is 0 Å². The lowest BCUT2D eigenvalue weighted by molar-refractivity contribution is 0.427. The molecule has 0 bridgehead atoms. The lowest BCUT2D eigenvalue weighted by Crippen LogP contribution is -1.91. The van der Waals surface area contributed by atoms with E-state index in [0.717, 1.165) is 13.0 Å². The van der Waals surface area contributed by atoms with Gasteiger partial charge >= 0.3 is 0 Å². The van der Waals surface area contributed by atoms with Crippen molar-refractivity contribution in [2.45, 2.75) is 12.5 Å². The van der Waals surface area contributed by atoms with Crippen LogP contribution in [0.15, 0.2) is 30.8 Å². The first kappa shape index (κ1) is 8.52. The van der Waals surface area contributed by atoms with Crippen molar-refractivity contribution >= 4 is 6.08 Å². The predicted octanol–water partition coefficient (Wildman–Crippen LogP) is 2.48. The molecule has 1 heterocycles. The smallest absolute Gasteiger partial charge is 0.0844 e. The summed E-state index contributed by atoms with van der Waals surface area (Å²) in [6, 6.07) is 8.44. The van der Waals surface area contributed by atoms with Crippen LogP contribution >= 0.6 is 0 Å². The molecule has 13 heavy (non-hydrogen) atoms. The molecule has 1 atom stereocenters. The molecule has 1 fully saturated rings. The molecule has 0 aliphatic carbocycles. The van der Waals surface area contributed by atoms with Crippen LogP contribution < -0.4 is 0 Å². The molecule has 1 aliphatic rings. The van der Waals surface area contributed by atoms with Crippen LogP contribution in [0.25, 0.3) is 6.08 Å². The molecule has 1 saturated heterocycles. The summed E-state index contributed by atoms with van der Waals surface area (Å²) in [6.07, 6.45) is 5.49. The maximum absolute atomic E-state index is 5.10. The van der Waals surface area contributed by atoms with Gasteiger partial charge in [0.25, 0.3) is 0 Å². The standard InChI is InChI=1S/C12H13O/c1-2-10-3-5-11(6-4-10)7-8-12-9-13-12/h2-6,8,12H,1,7,9H2. The second kappa shape index (κ2) is 3.75. The minimum atomic E-state index is 0.416. The van der Waals surface area contributed by atoms with Crippen molar-refractivity contribution in [1.82, 2.24) is 0 Å². The first-order valence-corrected chi connectivity index (χ1v) is 4.55. The second-order valence-corrected chi connectivity index (χ2v) is 3.26. The van der Waals surface area contributed by atoms with Gasteiger partial charge < -0.3 is 4.74 Å². The van der Waals surface area contributed by atoms with Gasteiger partial charge in [-0.3, -0.25) is 0 Å². The zero-order valence-electron chi connectivity index (χ0n) is 7.57. The number of hydrogen-bond acceptors (Lipinski definition) is 1. The molecule has 1 nitrogen and oxygen atoms in total. The molecule has 1 aromatic carbocycles. The lowest BCUT2D eigenvalue weighted by atomic mass is 10.1. The van der Waals surface area contributed by atoms with Crippen LogP contribution in [0.5, 0.6) is 0 Å². The van der Waals surface area contributed by atoms with E-state index >= 15 is 0 Å². The Morgan fingerprint density at radius 2 is 2.08 bits per heavy atom. The van der Waals surface area contributed by atoms with Crippen LogP contribution in [-0.2, 0) is 11.2 Å². The molecule has 1 aromatic rings. The monoisotopic (exact) mass is 173 g/mol. The Morgan fingerprint density at radius 1 is 1.38 bits per heavy atom. The van der Waals surface area contributed by atoms with E-state index in [1.54, 1.807) is 0 Å². The van der Waals surface area contributed by atoms with Crippen LogP contribution in [0.2, 0.25) is 0 Å². The molecule has 1 unspecified atom stereocenters. The van der Waals surface area contributed by atoms with E-state index in [9.17, 15) is 0 Å². The molecule has 2 rings (SSSR count). The van der Waals surface area contributed by atoms with Crippen molar-refractivity contribution < 1.29 is 4.74 Å². The molecular weight excluding hydrogens is 160 g/mol. The summed E-state index contributed by atoms with van der Waals surface area (Å²) in [6.45, 7) is 4.62. The third-order valence-electron chi connectivity index (χ3n) is 2.19. The van der Waals surface area contributed by atoms with Gasteiger partial charge in [-0.2, -0.15) is 0 Å². The van der Waals surface area contributed by atoms with Crippen molar-refractivity contribution in [3.05, 3.63) is 48.4 Å². The highest BCUT2D eigenvalue weighted by molar-refractivity contribution is 5.47. The first-order valence-electron chi connectivity index (χ1n) is 4.55. The molecule has 67 valence electrons. The van der Waals surface area contributed by atoms with Gasteiger partial charge in [0.1, 0.15) is 0 Å². The van der Waals surface area contributed by atoms with Gasteiger partial charge in [0.2, 0.25) is 0 Å². The van der Waals surface area contributed by atoms with E-state index < -0.39 is 0 Å². The van der Waals surface area contributed by atoms with Gasteiger partial charge in [-0.25, -0.2) is 0 Å². The Morgan fingerprint density at radius 3 is 2.62 bits per heavy atom. The van der Waals surface area contributed by atoms with E-state index in [-0.39, 0.29) is 0 Å². The summed E-state index contributed by atoms with van der Waals surface area (Å²) in [7, 11) is 0. The highest BCUT2D eigenvalue weighted by atomic mass is 16.6. The van der Waals surface area contributed by atoms with E-state index in [1.165, 1.54) is 11.1 Å². The van der Waals surface area contributed by atoms with E-state index in [4.69, 9.17) is 4.74 Å². The fourth-order valence-corrected chi connectivity index (χ4v) is 1.25. The minimum absolute atomic E-state index is 0.416. The number of epoxide rings is 1. The molecule has 0 aromatic heterocycles. The van der Waals surface area contributed by atoms with E-state index in [0.29, 0.717) is 6.10 Å². The van der Waals surface area contributed by atoms with Crippen LogP contribution in [0.3, 0.4) is 0 Å². The van der Waals surface area contributed by atoms with Gasteiger partial charge in [0, 0.05) is 0 Å². The SMILES string of the molecule is C=Cc1ccc(C[CH]C2CO2)cc1. The minimum Gasteiger partial charge on any atom is -0.373 e. The highest BCUT2D eigenvalue weighted by Crippen LogP contribution is 2.16. The van der Waals surface area contributed by atoms with Crippen molar-refractivity contribution in [2.24, 2.45) is 0 Å². The van der Waals surface area contributed by atoms with Gasteiger partial charge in [-0.15, -0.1) is 0 Å². The summed E-state index contributed by atoms with van der Waals surface area (Å²) >= 11 is 0. The fraction of sp³-hybridized carbons (Fsp3) is 0.250. The summed E-state index contributed by atoms with van der Waals surface area (Å²) in [5.41, 5.74) is 2.51. The second-order valence-electron chi connectivity index (χ2n) is 3.26. The largest absolute Gasteiger partial charge is 0.373 e. The molecular formula is C12H13O. The fourth-order valence-electron chi connectivity index (χ4n) is 1.25. The molecule has 0 N–H and O–H groups in total. The molecule has 1 heteroatoms. The van der Waals surface area contributed by atoms with Gasteiger partial charge in [0.05, 0.1) is 12.7 Å². The molecule has 0 amide bonds.